The van der Waals surface area contributed by atoms with Gasteiger partial charge >= 0.3 is 0 Å². The first-order valence-corrected chi connectivity index (χ1v) is 10.0. The van der Waals surface area contributed by atoms with Gasteiger partial charge in [0.2, 0.25) is 11.8 Å². The lowest BCUT2D eigenvalue weighted by Crippen LogP contribution is -2.33. The van der Waals surface area contributed by atoms with Gasteiger partial charge in [-0.05, 0) is 31.5 Å². The lowest BCUT2D eigenvalue weighted by Gasteiger charge is -2.17. The van der Waals surface area contributed by atoms with Gasteiger partial charge in [-0.2, -0.15) is 0 Å². The van der Waals surface area contributed by atoms with Crippen molar-refractivity contribution >= 4 is 46.7 Å². The Labute approximate surface area is 157 Å². The zero-order valence-corrected chi connectivity index (χ0v) is 16.0. The number of nitrogens with one attached hydrogen (secondary N) is 1. The van der Waals surface area contributed by atoms with E-state index in [1.54, 1.807) is 19.1 Å². The SMILES string of the molecule is C[C@H](NC(=O)[C@@H](C)Sc1nnc(SCC(N)=O)s1)c1ccc(F)cc1. The summed E-state index contributed by atoms with van der Waals surface area (Å²) in [4.78, 5) is 23.1. The fraction of sp³-hybridized carbons (Fsp3) is 0.333. The molecule has 0 aliphatic carbocycles. The molecule has 25 heavy (non-hydrogen) atoms. The van der Waals surface area contributed by atoms with Crippen LogP contribution >= 0.6 is 34.9 Å². The predicted molar refractivity (Wildman–Crippen MR) is 98.1 cm³/mol. The molecule has 0 unspecified atom stereocenters. The van der Waals surface area contributed by atoms with E-state index < -0.39 is 5.91 Å². The number of hydrogen-bond acceptors (Lipinski definition) is 7. The molecule has 0 bridgehead atoms. The number of amides is 2. The molecule has 3 N–H and O–H groups in total. The molecule has 0 spiro atoms. The number of benzene rings is 1. The number of thioether (sulfide) groups is 2. The van der Waals surface area contributed by atoms with Crippen molar-refractivity contribution in [2.24, 2.45) is 5.73 Å². The molecule has 0 radical (unpaired) electrons. The molecule has 2 amide bonds. The van der Waals surface area contributed by atoms with Crippen LogP contribution in [0.2, 0.25) is 0 Å². The second-order valence-electron chi connectivity index (χ2n) is 5.13. The summed E-state index contributed by atoms with van der Waals surface area (Å²) in [5, 5.41) is 10.5. The highest BCUT2D eigenvalue weighted by atomic mass is 32.2. The van der Waals surface area contributed by atoms with Gasteiger partial charge in [0.15, 0.2) is 8.68 Å². The molecular weight excluding hydrogens is 383 g/mol. The van der Waals surface area contributed by atoms with Gasteiger partial charge < -0.3 is 11.1 Å². The third kappa shape index (κ3) is 6.29. The van der Waals surface area contributed by atoms with Crippen molar-refractivity contribution in [2.75, 3.05) is 5.75 Å². The summed E-state index contributed by atoms with van der Waals surface area (Å²) >= 11 is 3.82. The first kappa shape index (κ1) is 19.7. The molecule has 134 valence electrons. The van der Waals surface area contributed by atoms with Gasteiger partial charge in [-0.25, -0.2) is 4.39 Å². The van der Waals surface area contributed by atoms with Gasteiger partial charge in [0.05, 0.1) is 17.0 Å². The van der Waals surface area contributed by atoms with Crippen molar-refractivity contribution in [3.05, 3.63) is 35.6 Å². The van der Waals surface area contributed by atoms with E-state index in [9.17, 15) is 14.0 Å². The highest BCUT2D eigenvalue weighted by molar-refractivity contribution is 8.04. The molecule has 1 aromatic carbocycles. The molecule has 0 fully saturated rings. The number of nitrogens with two attached hydrogens (primary N) is 1. The number of hydrogen-bond donors (Lipinski definition) is 2. The fourth-order valence-corrected chi connectivity index (χ4v) is 4.72. The molecule has 1 aromatic heterocycles. The van der Waals surface area contributed by atoms with Gasteiger partial charge in [0.1, 0.15) is 5.82 Å². The first-order chi connectivity index (χ1) is 11.8. The van der Waals surface area contributed by atoms with Gasteiger partial charge in [-0.3, -0.25) is 9.59 Å². The fourth-order valence-electron chi connectivity index (χ4n) is 1.81. The Morgan fingerprint density at radius 3 is 2.52 bits per heavy atom. The first-order valence-electron chi connectivity index (χ1n) is 7.32. The quantitative estimate of drug-likeness (QED) is 0.661. The minimum Gasteiger partial charge on any atom is -0.369 e. The Morgan fingerprint density at radius 2 is 1.88 bits per heavy atom. The highest BCUT2D eigenvalue weighted by Crippen LogP contribution is 2.31. The van der Waals surface area contributed by atoms with Gasteiger partial charge in [0, 0.05) is 0 Å². The molecule has 2 aromatic rings. The van der Waals surface area contributed by atoms with E-state index in [-0.39, 0.29) is 28.8 Å². The normalized spacial score (nSPS) is 13.2. The summed E-state index contributed by atoms with van der Waals surface area (Å²) in [6.45, 7) is 3.61. The minimum absolute atomic E-state index is 0.143. The molecule has 10 heteroatoms. The van der Waals surface area contributed by atoms with Crippen LogP contribution in [0.5, 0.6) is 0 Å². The van der Waals surface area contributed by atoms with Crippen LogP contribution in [0.25, 0.3) is 0 Å². The lowest BCUT2D eigenvalue weighted by molar-refractivity contribution is -0.121. The summed E-state index contributed by atoms with van der Waals surface area (Å²) in [6.07, 6.45) is 0. The van der Waals surface area contributed by atoms with E-state index in [1.807, 2.05) is 6.92 Å². The van der Waals surface area contributed by atoms with Crippen LogP contribution in [-0.2, 0) is 9.59 Å². The third-order valence-electron chi connectivity index (χ3n) is 3.10. The minimum atomic E-state index is -0.420. The standard InChI is InChI=1S/C15H17FN4O2S3/c1-8(10-3-5-11(16)6-4-10)18-13(22)9(2)24-15-20-19-14(25-15)23-7-12(17)21/h3-6,8-9H,7H2,1-2H3,(H2,17,21)(H,18,22)/t8-,9+/m0/s1. The molecule has 0 aliphatic heterocycles. The Morgan fingerprint density at radius 1 is 1.24 bits per heavy atom. The van der Waals surface area contributed by atoms with Crippen molar-refractivity contribution < 1.29 is 14.0 Å². The van der Waals surface area contributed by atoms with Crippen LogP contribution in [0.3, 0.4) is 0 Å². The van der Waals surface area contributed by atoms with E-state index in [4.69, 9.17) is 5.73 Å². The summed E-state index contributed by atoms with van der Waals surface area (Å²) in [5.74, 6) is -0.738. The Hall–Kier alpha value is -1.65. The van der Waals surface area contributed by atoms with Crippen molar-refractivity contribution in [3.63, 3.8) is 0 Å². The Bertz CT molecular complexity index is 739. The van der Waals surface area contributed by atoms with Crippen molar-refractivity contribution in [1.29, 1.82) is 0 Å². The average molecular weight is 401 g/mol. The zero-order valence-electron chi connectivity index (χ0n) is 13.6. The summed E-state index contributed by atoms with van der Waals surface area (Å²) in [5.41, 5.74) is 5.91. The summed E-state index contributed by atoms with van der Waals surface area (Å²) in [6, 6.07) is 5.79. The Balaban J connectivity index is 1.87. The molecule has 0 saturated heterocycles. The van der Waals surface area contributed by atoms with E-state index in [0.29, 0.717) is 8.68 Å². The maximum absolute atomic E-state index is 13.0. The van der Waals surface area contributed by atoms with Crippen LogP contribution in [0, 0.1) is 5.82 Å². The van der Waals surface area contributed by atoms with Crippen molar-refractivity contribution in [2.45, 2.75) is 33.8 Å². The maximum Gasteiger partial charge on any atom is 0.233 e. The number of rotatable bonds is 8. The number of nitrogens with zero attached hydrogens (tertiary/aromatic N) is 2. The summed E-state index contributed by atoms with van der Waals surface area (Å²) in [7, 11) is 0. The predicted octanol–water partition coefficient (Wildman–Crippen LogP) is 2.61. The van der Waals surface area contributed by atoms with E-state index in [0.717, 1.165) is 5.56 Å². The highest BCUT2D eigenvalue weighted by Gasteiger charge is 2.19. The maximum atomic E-state index is 13.0. The van der Waals surface area contributed by atoms with Crippen LogP contribution in [-0.4, -0.2) is 33.0 Å². The number of primary amides is 1. The average Bonchev–Trinajstić information content (AvgIpc) is 3.00. The van der Waals surface area contributed by atoms with Gasteiger partial charge in [0.25, 0.3) is 0 Å². The van der Waals surface area contributed by atoms with Crippen molar-refractivity contribution in [1.82, 2.24) is 15.5 Å². The topological polar surface area (TPSA) is 98.0 Å². The molecular formula is C15H17FN4O2S3. The molecule has 6 nitrogen and oxygen atoms in total. The monoisotopic (exact) mass is 400 g/mol. The third-order valence-corrected chi connectivity index (χ3v) is 6.36. The van der Waals surface area contributed by atoms with Crippen LogP contribution < -0.4 is 11.1 Å². The number of halogens is 1. The molecule has 1 heterocycles. The molecule has 2 atom stereocenters. The number of carbonyl (C=O) groups is 2. The van der Waals surface area contributed by atoms with Crippen molar-refractivity contribution in [3.8, 4) is 0 Å². The second-order valence-corrected chi connectivity index (χ2v) is 8.92. The largest absolute Gasteiger partial charge is 0.369 e. The second kappa shape index (κ2) is 9.16. The lowest BCUT2D eigenvalue weighted by atomic mass is 10.1. The van der Waals surface area contributed by atoms with E-state index in [2.05, 4.69) is 15.5 Å². The zero-order chi connectivity index (χ0) is 18.4. The van der Waals surface area contributed by atoms with Gasteiger partial charge in [-0.1, -0.05) is 47.0 Å². The van der Waals surface area contributed by atoms with Crippen LogP contribution in [0.15, 0.2) is 32.9 Å². The number of carbonyl (C=O) groups excluding carboxylic acids is 2. The molecule has 2 rings (SSSR count). The van der Waals surface area contributed by atoms with Gasteiger partial charge in [-0.15, -0.1) is 10.2 Å². The van der Waals surface area contributed by atoms with E-state index in [1.165, 1.54) is 47.0 Å². The molecule has 0 saturated carbocycles. The van der Waals surface area contributed by atoms with Crippen LogP contribution in [0.1, 0.15) is 25.5 Å². The smallest absolute Gasteiger partial charge is 0.233 e. The molecule has 0 aliphatic rings. The Kier molecular flexibility index (Phi) is 7.21. The number of aromatic nitrogens is 2. The summed E-state index contributed by atoms with van der Waals surface area (Å²) < 4.78 is 14.2. The van der Waals surface area contributed by atoms with Crippen LogP contribution in [0.4, 0.5) is 4.39 Å². The van der Waals surface area contributed by atoms with E-state index >= 15 is 0 Å².